The van der Waals surface area contributed by atoms with Crippen molar-refractivity contribution in [1.29, 1.82) is 0 Å². The lowest BCUT2D eigenvalue weighted by molar-refractivity contribution is -0.115. The largest absolute Gasteiger partial charge is 0.325 e. The molecule has 0 aliphatic rings. The molecule has 0 aliphatic heterocycles. The number of nitrogens with one attached hydrogen (secondary N) is 1. The van der Waals surface area contributed by atoms with E-state index in [4.69, 9.17) is 4.98 Å². The summed E-state index contributed by atoms with van der Waals surface area (Å²) in [4.78, 5) is 34.9. The molecule has 2 aromatic carbocycles. The Morgan fingerprint density at radius 2 is 1.87 bits per heavy atom. The molecule has 2 heterocycles. The number of carbonyl (C=O) groups is 1. The highest BCUT2D eigenvalue weighted by Crippen LogP contribution is 2.25. The minimum Gasteiger partial charge on any atom is -0.325 e. The Morgan fingerprint density at radius 3 is 2.65 bits per heavy atom. The van der Waals surface area contributed by atoms with Crippen molar-refractivity contribution >= 4 is 34.3 Å². The zero-order valence-corrected chi connectivity index (χ0v) is 18.1. The number of para-hydroxylation sites is 2. The summed E-state index contributed by atoms with van der Waals surface area (Å²) in [5.74, 6) is -0.144. The van der Waals surface area contributed by atoms with Crippen LogP contribution in [-0.4, -0.2) is 25.7 Å². The summed E-state index contributed by atoms with van der Waals surface area (Å²) in [6, 6.07) is 18.6. The van der Waals surface area contributed by atoms with Crippen molar-refractivity contribution in [2.75, 3.05) is 5.32 Å². The molecular formula is C24H22N4O2S. The lowest BCUT2D eigenvalue weighted by Crippen LogP contribution is -2.27. The molecule has 0 bridgehead atoms. The van der Waals surface area contributed by atoms with E-state index in [-0.39, 0.29) is 11.5 Å². The van der Waals surface area contributed by atoms with E-state index in [1.165, 1.54) is 11.8 Å². The Bertz CT molecular complexity index is 1290. The number of amides is 1. The average molecular weight is 431 g/mol. The van der Waals surface area contributed by atoms with Gasteiger partial charge in [-0.15, -0.1) is 0 Å². The van der Waals surface area contributed by atoms with Crippen LogP contribution < -0.4 is 10.9 Å². The van der Waals surface area contributed by atoms with E-state index >= 15 is 0 Å². The molecule has 6 nitrogen and oxygen atoms in total. The molecule has 1 amide bonds. The third-order valence-corrected chi connectivity index (χ3v) is 6.03. The van der Waals surface area contributed by atoms with Gasteiger partial charge in [0.05, 0.1) is 22.7 Å². The topological polar surface area (TPSA) is 76.9 Å². The first-order valence-corrected chi connectivity index (χ1v) is 10.8. The first-order chi connectivity index (χ1) is 15.0. The standard InChI is InChI=1S/C24H22N4O2S/c1-16-8-3-5-11-20(16)26-22(29)17(2)31-24-27-21-12-6-4-10-19(21)23(30)28(24)15-18-9-7-13-25-14-18/h3-14,17H,15H2,1-2H3,(H,26,29). The van der Waals surface area contributed by atoms with Crippen LogP contribution in [0.25, 0.3) is 10.9 Å². The summed E-state index contributed by atoms with van der Waals surface area (Å²) in [7, 11) is 0. The molecule has 0 saturated carbocycles. The fourth-order valence-corrected chi connectivity index (χ4v) is 4.12. The summed E-state index contributed by atoms with van der Waals surface area (Å²) in [6.07, 6.45) is 3.42. The third-order valence-electron chi connectivity index (χ3n) is 4.94. The van der Waals surface area contributed by atoms with Gasteiger partial charge in [0.2, 0.25) is 5.91 Å². The number of aryl methyl sites for hydroxylation is 1. The molecule has 1 N–H and O–H groups in total. The number of anilines is 1. The van der Waals surface area contributed by atoms with Gasteiger partial charge in [-0.2, -0.15) is 0 Å². The summed E-state index contributed by atoms with van der Waals surface area (Å²) in [5, 5.41) is 3.56. The monoisotopic (exact) mass is 430 g/mol. The van der Waals surface area contributed by atoms with Gasteiger partial charge in [-0.05, 0) is 49.2 Å². The predicted molar refractivity (Wildman–Crippen MR) is 124 cm³/mol. The van der Waals surface area contributed by atoms with Crippen LogP contribution in [0.3, 0.4) is 0 Å². The molecule has 2 aromatic heterocycles. The molecule has 0 spiro atoms. The summed E-state index contributed by atoms with van der Waals surface area (Å²) in [5.41, 5.74) is 3.14. The van der Waals surface area contributed by atoms with Gasteiger partial charge in [-0.1, -0.05) is 48.2 Å². The van der Waals surface area contributed by atoms with E-state index < -0.39 is 5.25 Å². The summed E-state index contributed by atoms with van der Waals surface area (Å²) in [6.45, 7) is 4.09. The fraction of sp³-hybridized carbons (Fsp3) is 0.167. The van der Waals surface area contributed by atoms with E-state index in [0.29, 0.717) is 22.6 Å². The zero-order valence-electron chi connectivity index (χ0n) is 17.3. The second-order valence-electron chi connectivity index (χ2n) is 7.23. The Morgan fingerprint density at radius 1 is 1.10 bits per heavy atom. The van der Waals surface area contributed by atoms with Crippen LogP contribution in [-0.2, 0) is 11.3 Å². The van der Waals surface area contributed by atoms with E-state index in [1.807, 2.05) is 68.4 Å². The normalized spacial score (nSPS) is 11.9. The number of carbonyl (C=O) groups excluding carboxylic acids is 1. The molecular weight excluding hydrogens is 408 g/mol. The highest BCUT2D eigenvalue weighted by Gasteiger charge is 2.20. The summed E-state index contributed by atoms with van der Waals surface area (Å²) >= 11 is 1.27. The number of hydrogen-bond donors (Lipinski definition) is 1. The van der Waals surface area contributed by atoms with Crippen molar-refractivity contribution in [2.24, 2.45) is 0 Å². The van der Waals surface area contributed by atoms with Crippen molar-refractivity contribution in [3.05, 3.63) is 94.5 Å². The van der Waals surface area contributed by atoms with E-state index in [2.05, 4.69) is 10.3 Å². The molecule has 0 fully saturated rings. The van der Waals surface area contributed by atoms with E-state index in [1.54, 1.807) is 23.0 Å². The maximum atomic E-state index is 13.2. The summed E-state index contributed by atoms with van der Waals surface area (Å²) < 4.78 is 1.61. The third kappa shape index (κ3) is 4.67. The minimum absolute atomic E-state index is 0.136. The van der Waals surface area contributed by atoms with Gasteiger partial charge in [0, 0.05) is 18.1 Å². The number of benzene rings is 2. The fourth-order valence-electron chi connectivity index (χ4n) is 3.21. The first kappa shape index (κ1) is 20.8. The van der Waals surface area contributed by atoms with E-state index in [0.717, 1.165) is 16.8 Å². The second-order valence-corrected chi connectivity index (χ2v) is 8.54. The van der Waals surface area contributed by atoms with Gasteiger partial charge in [0.15, 0.2) is 5.16 Å². The quantitative estimate of drug-likeness (QED) is 0.365. The number of rotatable bonds is 6. The van der Waals surface area contributed by atoms with Gasteiger partial charge in [0.25, 0.3) is 5.56 Å². The molecule has 31 heavy (non-hydrogen) atoms. The van der Waals surface area contributed by atoms with E-state index in [9.17, 15) is 9.59 Å². The van der Waals surface area contributed by atoms with Crippen LogP contribution in [0.15, 0.2) is 83.0 Å². The van der Waals surface area contributed by atoms with Crippen molar-refractivity contribution in [1.82, 2.24) is 14.5 Å². The number of hydrogen-bond acceptors (Lipinski definition) is 5. The van der Waals surface area contributed by atoms with Crippen LogP contribution in [0.2, 0.25) is 0 Å². The first-order valence-electron chi connectivity index (χ1n) is 9.94. The second kappa shape index (κ2) is 9.14. The lowest BCUT2D eigenvalue weighted by Gasteiger charge is -2.17. The Kier molecular flexibility index (Phi) is 6.13. The smallest absolute Gasteiger partial charge is 0.262 e. The van der Waals surface area contributed by atoms with Crippen molar-refractivity contribution in [2.45, 2.75) is 30.8 Å². The Hall–Kier alpha value is -3.45. The maximum absolute atomic E-state index is 13.2. The van der Waals surface area contributed by atoms with Crippen LogP contribution >= 0.6 is 11.8 Å². The molecule has 4 rings (SSSR count). The van der Waals surface area contributed by atoms with Crippen molar-refractivity contribution < 1.29 is 4.79 Å². The van der Waals surface area contributed by atoms with Gasteiger partial charge >= 0.3 is 0 Å². The zero-order chi connectivity index (χ0) is 21.8. The minimum atomic E-state index is -0.451. The molecule has 0 radical (unpaired) electrons. The maximum Gasteiger partial charge on any atom is 0.262 e. The van der Waals surface area contributed by atoms with Gasteiger partial charge in [-0.25, -0.2) is 4.98 Å². The molecule has 156 valence electrons. The Balaban J connectivity index is 1.67. The average Bonchev–Trinajstić information content (AvgIpc) is 2.78. The lowest BCUT2D eigenvalue weighted by atomic mass is 10.2. The van der Waals surface area contributed by atoms with Crippen LogP contribution in [0.4, 0.5) is 5.69 Å². The number of thioether (sulfide) groups is 1. The van der Waals surface area contributed by atoms with Gasteiger partial charge in [-0.3, -0.25) is 19.1 Å². The number of fused-ring (bicyclic) bond motifs is 1. The highest BCUT2D eigenvalue weighted by molar-refractivity contribution is 8.00. The van der Waals surface area contributed by atoms with Gasteiger partial charge in [0.1, 0.15) is 0 Å². The number of aromatic nitrogens is 3. The molecule has 0 saturated heterocycles. The van der Waals surface area contributed by atoms with Gasteiger partial charge < -0.3 is 5.32 Å². The Labute approximate surface area is 184 Å². The molecule has 7 heteroatoms. The van der Waals surface area contributed by atoms with Crippen LogP contribution in [0, 0.1) is 6.92 Å². The number of pyridine rings is 1. The predicted octanol–water partition coefficient (Wildman–Crippen LogP) is 4.27. The molecule has 1 atom stereocenters. The number of nitrogens with zero attached hydrogens (tertiary/aromatic N) is 3. The SMILES string of the molecule is Cc1ccccc1NC(=O)C(C)Sc1nc2ccccc2c(=O)n1Cc1cccnc1. The molecule has 1 unspecified atom stereocenters. The molecule has 4 aromatic rings. The highest BCUT2D eigenvalue weighted by atomic mass is 32.2. The van der Waals surface area contributed by atoms with Crippen molar-refractivity contribution in [3.8, 4) is 0 Å². The molecule has 0 aliphatic carbocycles. The van der Waals surface area contributed by atoms with Crippen molar-refractivity contribution in [3.63, 3.8) is 0 Å². The van der Waals surface area contributed by atoms with Crippen LogP contribution in [0.1, 0.15) is 18.1 Å². The van der Waals surface area contributed by atoms with Crippen LogP contribution in [0.5, 0.6) is 0 Å².